The fourth-order valence-electron chi connectivity index (χ4n) is 6.12. The van der Waals surface area contributed by atoms with Gasteiger partial charge in [0.25, 0.3) is 0 Å². The van der Waals surface area contributed by atoms with Crippen LogP contribution in [-0.2, 0) is 0 Å². The molecule has 48 heavy (non-hydrogen) atoms. The van der Waals surface area contributed by atoms with Crippen molar-refractivity contribution >= 4 is 0 Å². The lowest BCUT2D eigenvalue weighted by Gasteiger charge is -2.12. The summed E-state index contributed by atoms with van der Waals surface area (Å²) in [5, 5.41) is 0. The first-order valence-corrected chi connectivity index (χ1v) is 16.1. The predicted octanol–water partition coefficient (Wildman–Crippen LogP) is 11.5. The van der Waals surface area contributed by atoms with Crippen LogP contribution >= 0.6 is 0 Å². The molecule has 8 aromatic rings. The van der Waals surface area contributed by atoms with Gasteiger partial charge in [-0.15, -0.1) is 0 Å². The van der Waals surface area contributed by atoms with E-state index >= 15 is 0 Å². The molecule has 0 bridgehead atoms. The molecule has 226 valence electrons. The lowest BCUT2D eigenvalue weighted by atomic mass is 9.93. The summed E-state index contributed by atoms with van der Waals surface area (Å²) in [6.45, 7) is 0. The van der Waals surface area contributed by atoms with Gasteiger partial charge in [-0.2, -0.15) is 0 Å². The summed E-state index contributed by atoms with van der Waals surface area (Å²) in [6, 6.07) is 63.9. The Morgan fingerprint density at radius 1 is 0.229 bits per heavy atom. The van der Waals surface area contributed by atoms with Crippen LogP contribution in [0.15, 0.2) is 188 Å². The summed E-state index contributed by atoms with van der Waals surface area (Å²) in [4.78, 5) is 14.0. The molecule has 0 atom stereocenters. The van der Waals surface area contributed by atoms with Gasteiger partial charge in [-0.25, -0.2) is 15.0 Å². The Labute approximate surface area is 280 Å². The van der Waals surface area contributed by atoms with Crippen LogP contribution in [0.3, 0.4) is 0 Å². The number of hydrogen-bond donors (Lipinski definition) is 0. The van der Waals surface area contributed by atoms with E-state index in [1.54, 1.807) is 6.33 Å². The fourth-order valence-corrected chi connectivity index (χ4v) is 6.12. The molecular formula is C45H31N3. The van der Waals surface area contributed by atoms with E-state index in [0.29, 0.717) is 11.6 Å². The van der Waals surface area contributed by atoms with Crippen molar-refractivity contribution in [1.82, 2.24) is 15.0 Å². The highest BCUT2D eigenvalue weighted by atomic mass is 15.0. The lowest BCUT2D eigenvalue weighted by Crippen LogP contribution is -1.96. The van der Waals surface area contributed by atoms with Crippen molar-refractivity contribution < 1.29 is 0 Å². The van der Waals surface area contributed by atoms with Gasteiger partial charge < -0.3 is 0 Å². The number of nitrogens with zero attached hydrogens (tertiary/aromatic N) is 3. The van der Waals surface area contributed by atoms with Gasteiger partial charge in [0.15, 0.2) is 11.6 Å². The number of benzene rings is 7. The highest BCUT2D eigenvalue weighted by molar-refractivity contribution is 5.83. The number of rotatable bonds is 7. The zero-order valence-electron chi connectivity index (χ0n) is 26.2. The first-order valence-electron chi connectivity index (χ1n) is 16.1. The second-order valence-electron chi connectivity index (χ2n) is 11.8. The zero-order chi connectivity index (χ0) is 32.1. The van der Waals surface area contributed by atoms with Crippen LogP contribution in [0.4, 0.5) is 0 Å². The van der Waals surface area contributed by atoms with E-state index in [0.717, 1.165) is 38.9 Å². The monoisotopic (exact) mass is 613 g/mol. The molecule has 0 aliphatic heterocycles. The molecule has 1 aromatic heterocycles. The molecule has 0 amide bonds. The van der Waals surface area contributed by atoms with Crippen LogP contribution in [0.2, 0.25) is 0 Å². The maximum atomic E-state index is 4.89. The standard InChI is InChI=1S/C45H31N3/c1-4-12-32(13-5-1)34-22-24-35(25-23-34)37-18-10-19-38(26-37)39-20-11-21-40(27-39)42-28-41(33-14-6-2-7-15-33)29-43(30-42)45-47-31-46-44(48-45)36-16-8-3-9-17-36/h1-31H. The van der Waals surface area contributed by atoms with E-state index in [9.17, 15) is 0 Å². The molecule has 3 nitrogen and oxygen atoms in total. The quantitative estimate of drug-likeness (QED) is 0.179. The van der Waals surface area contributed by atoms with Crippen molar-refractivity contribution in [2.24, 2.45) is 0 Å². The maximum absolute atomic E-state index is 4.89. The van der Waals surface area contributed by atoms with Crippen LogP contribution in [0, 0.1) is 0 Å². The average Bonchev–Trinajstić information content (AvgIpc) is 3.19. The van der Waals surface area contributed by atoms with E-state index in [1.165, 1.54) is 27.8 Å². The van der Waals surface area contributed by atoms with Crippen LogP contribution in [0.25, 0.3) is 78.4 Å². The third-order valence-electron chi connectivity index (χ3n) is 8.62. The molecule has 7 aromatic carbocycles. The molecule has 0 radical (unpaired) electrons. The average molecular weight is 614 g/mol. The second kappa shape index (κ2) is 13.1. The van der Waals surface area contributed by atoms with E-state index in [4.69, 9.17) is 4.98 Å². The molecule has 0 aliphatic rings. The van der Waals surface area contributed by atoms with E-state index in [-0.39, 0.29) is 0 Å². The van der Waals surface area contributed by atoms with E-state index in [1.807, 2.05) is 42.5 Å². The zero-order valence-corrected chi connectivity index (χ0v) is 26.2. The van der Waals surface area contributed by atoms with Gasteiger partial charge in [-0.1, -0.05) is 152 Å². The van der Waals surface area contributed by atoms with Gasteiger partial charge in [-0.3, -0.25) is 0 Å². The molecular weight excluding hydrogens is 583 g/mol. The topological polar surface area (TPSA) is 38.7 Å². The normalized spacial score (nSPS) is 10.9. The van der Waals surface area contributed by atoms with Gasteiger partial charge in [0.2, 0.25) is 0 Å². The van der Waals surface area contributed by atoms with Gasteiger partial charge in [0.05, 0.1) is 0 Å². The van der Waals surface area contributed by atoms with E-state index < -0.39 is 0 Å². The Morgan fingerprint density at radius 3 is 1.08 bits per heavy atom. The smallest absolute Gasteiger partial charge is 0.163 e. The summed E-state index contributed by atoms with van der Waals surface area (Å²) < 4.78 is 0. The molecule has 0 saturated heterocycles. The Hall–Kier alpha value is -6.45. The highest BCUT2D eigenvalue weighted by Crippen LogP contribution is 2.35. The van der Waals surface area contributed by atoms with Crippen LogP contribution in [0.5, 0.6) is 0 Å². The first-order chi connectivity index (χ1) is 23.8. The van der Waals surface area contributed by atoms with Crippen molar-refractivity contribution in [2.45, 2.75) is 0 Å². The van der Waals surface area contributed by atoms with Crippen LogP contribution in [0.1, 0.15) is 0 Å². The third-order valence-corrected chi connectivity index (χ3v) is 8.62. The Balaban J connectivity index is 1.16. The highest BCUT2D eigenvalue weighted by Gasteiger charge is 2.12. The van der Waals surface area contributed by atoms with Crippen LogP contribution < -0.4 is 0 Å². The van der Waals surface area contributed by atoms with Crippen LogP contribution in [-0.4, -0.2) is 15.0 Å². The molecule has 8 rings (SSSR count). The Morgan fingerprint density at radius 2 is 0.542 bits per heavy atom. The summed E-state index contributed by atoms with van der Waals surface area (Å²) in [5.41, 5.74) is 13.5. The van der Waals surface area contributed by atoms with E-state index in [2.05, 4.69) is 149 Å². The minimum Gasteiger partial charge on any atom is -0.217 e. The number of hydrogen-bond acceptors (Lipinski definition) is 3. The second-order valence-corrected chi connectivity index (χ2v) is 11.8. The summed E-state index contributed by atoms with van der Waals surface area (Å²) in [7, 11) is 0. The summed E-state index contributed by atoms with van der Waals surface area (Å²) >= 11 is 0. The molecule has 0 aliphatic carbocycles. The van der Waals surface area contributed by atoms with Gasteiger partial charge in [-0.05, 0) is 86.0 Å². The van der Waals surface area contributed by atoms with Crippen molar-refractivity contribution in [3.8, 4) is 78.4 Å². The minimum atomic E-state index is 0.644. The molecule has 3 heteroatoms. The molecule has 0 N–H and O–H groups in total. The Bertz CT molecular complexity index is 2310. The van der Waals surface area contributed by atoms with Gasteiger partial charge in [0, 0.05) is 11.1 Å². The largest absolute Gasteiger partial charge is 0.217 e. The fraction of sp³-hybridized carbons (Fsp3) is 0. The third kappa shape index (κ3) is 6.18. The molecule has 0 saturated carbocycles. The molecule has 0 spiro atoms. The summed E-state index contributed by atoms with van der Waals surface area (Å²) in [5.74, 6) is 1.30. The van der Waals surface area contributed by atoms with Crippen molar-refractivity contribution in [2.75, 3.05) is 0 Å². The molecule has 0 fully saturated rings. The maximum Gasteiger partial charge on any atom is 0.163 e. The first kappa shape index (κ1) is 29.0. The van der Waals surface area contributed by atoms with Crippen molar-refractivity contribution in [1.29, 1.82) is 0 Å². The SMILES string of the molecule is c1ccc(-c2ccc(-c3cccc(-c4cccc(-c5cc(-c6ccccc6)cc(-c6ncnc(-c7ccccc7)n6)c5)c4)c3)cc2)cc1. The van der Waals surface area contributed by atoms with Crippen molar-refractivity contribution in [3.05, 3.63) is 188 Å². The van der Waals surface area contributed by atoms with Gasteiger partial charge >= 0.3 is 0 Å². The summed E-state index contributed by atoms with van der Waals surface area (Å²) in [6.07, 6.45) is 1.60. The minimum absolute atomic E-state index is 0.644. The molecule has 0 unspecified atom stereocenters. The van der Waals surface area contributed by atoms with Crippen molar-refractivity contribution in [3.63, 3.8) is 0 Å². The predicted molar refractivity (Wildman–Crippen MR) is 198 cm³/mol. The number of aromatic nitrogens is 3. The Kier molecular flexibility index (Phi) is 7.92. The molecule has 1 heterocycles. The van der Waals surface area contributed by atoms with Gasteiger partial charge in [0.1, 0.15) is 6.33 Å². The lowest BCUT2D eigenvalue weighted by molar-refractivity contribution is 1.07.